The van der Waals surface area contributed by atoms with E-state index in [-0.39, 0.29) is 17.9 Å². The summed E-state index contributed by atoms with van der Waals surface area (Å²) in [5.41, 5.74) is 6.19. The largest absolute Gasteiger partial charge is 0.496 e. The molecule has 2 amide bonds. The van der Waals surface area contributed by atoms with Crippen LogP contribution in [0, 0.1) is 0 Å². The molecule has 0 saturated carbocycles. The number of hydrogen-bond acceptors (Lipinski definition) is 4. The smallest absolute Gasteiger partial charge is 0.270 e. The van der Waals surface area contributed by atoms with Gasteiger partial charge in [-0.1, -0.05) is 48.5 Å². The summed E-state index contributed by atoms with van der Waals surface area (Å²) in [5, 5.41) is 0. The Morgan fingerprint density at radius 2 is 1.56 bits per heavy atom. The highest BCUT2D eigenvalue weighted by atomic mass is 16.5. The van der Waals surface area contributed by atoms with Gasteiger partial charge in [0.05, 0.1) is 20.2 Å². The van der Waals surface area contributed by atoms with Crippen LogP contribution >= 0.6 is 0 Å². The number of methoxy groups -OCH3 is 1. The number of anilines is 1. The molecule has 3 aliphatic heterocycles. The fraction of sp³-hybridized carbons (Fsp3) is 0.333. The highest BCUT2D eigenvalue weighted by Gasteiger charge is 2.34. The molecule has 220 valence electrons. The van der Waals surface area contributed by atoms with Crippen molar-refractivity contribution in [1.29, 1.82) is 0 Å². The Kier molecular flexibility index (Phi) is 7.49. The number of likely N-dealkylation sites (tertiary alicyclic amines) is 2. The minimum Gasteiger partial charge on any atom is -0.496 e. The average molecular weight is 575 g/mol. The zero-order valence-corrected chi connectivity index (χ0v) is 24.7. The van der Waals surface area contributed by atoms with Gasteiger partial charge in [0.25, 0.3) is 11.8 Å². The minimum atomic E-state index is -0.0632. The first-order valence-electron chi connectivity index (χ1n) is 15.5. The molecule has 0 bridgehead atoms. The molecule has 43 heavy (non-hydrogen) atoms. The maximum atomic E-state index is 14.1. The number of hydrogen-bond donors (Lipinski definition) is 0. The molecule has 7 rings (SSSR count). The Morgan fingerprint density at radius 1 is 0.791 bits per heavy atom. The first-order valence-corrected chi connectivity index (χ1v) is 15.5. The van der Waals surface area contributed by atoms with Crippen molar-refractivity contribution in [3.05, 3.63) is 107 Å². The van der Waals surface area contributed by atoms with Crippen LogP contribution in [0.4, 0.5) is 5.69 Å². The normalized spacial score (nSPS) is 18.3. The van der Waals surface area contributed by atoms with Crippen molar-refractivity contribution in [1.82, 2.24) is 14.4 Å². The van der Waals surface area contributed by atoms with Crippen molar-refractivity contribution in [2.75, 3.05) is 38.2 Å². The maximum absolute atomic E-state index is 14.1. The SMILES string of the molecule is COc1ccccc1-c1ccc(C(=O)N2Cc3ccc(C(=O)N4CCC[C@H]4CN4CCCC4)n3Cc3ccccc32)cc1. The lowest BCUT2D eigenvalue weighted by Crippen LogP contribution is -2.43. The molecule has 7 heteroatoms. The molecule has 4 aromatic rings. The number of benzene rings is 3. The molecule has 0 spiro atoms. The number of ether oxygens (including phenoxy) is 1. The van der Waals surface area contributed by atoms with Gasteiger partial charge in [0.1, 0.15) is 11.4 Å². The number of para-hydroxylation sites is 2. The first kappa shape index (κ1) is 27.5. The molecule has 4 heterocycles. The zero-order chi connectivity index (χ0) is 29.3. The molecule has 2 saturated heterocycles. The highest BCUT2D eigenvalue weighted by molar-refractivity contribution is 6.07. The third-order valence-corrected chi connectivity index (χ3v) is 9.32. The van der Waals surface area contributed by atoms with Crippen LogP contribution in [-0.4, -0.2) is 65.5 Å². The highest BCUT2D eigenvalue weighted by Crippen LogP contribution is 2.33. The third-order valence-electron chi connectivity index (χ3n) is 9.32. The molecule has 3 aliphatic rings. The van der Waals surface area contributed by atoms with E-state index in [0.717, 1.165) is 72.8 Å². The third kappa shape index (κ3) is 5.23. The predicted octanol–water partition coefficient (Wildman–Crippen LogP) is 6.07. The van der Waals surface area contributed by atoms with Crippen LogP contribution in [0.3, 0.4) is 0 Å². The maximum Gasteiger partial charge on any atom is 0.270 e. The van der Waals surface area contributed by atoms with Gasteiger partial charge in [-0.15, -0.1) is 0 Å². The van der Waals surface area contributed by atoms with Crippen molar-refractivity contribution < 1.29 is 14.3 Å². The quantitative estimate of drug-likeness (QED) is 0.280. The second kappa shape index (κ2) is 11.7. The number of aromatic nitrogens is 1. The summed E-state index contributed by atoms with van der Waals surface area (Å²) >= 11 is 0. The van der Waals surface area contributed by atoms with E-state index in [0.29, 0.717) is 24.3 Å². The minimum absolute atomic E-state index is 0.0632. The summed E-state index contributed by atoms with van der Waals surface area (Å²) in [6.45, 7) is 5.02. The van der Waals surface area contributed by atoms with E-state index in [1.54, 1.807) is 7.11 Å². The second-order valence-corrected chi connectivity index (χ2v) is 11.9. The Bertz CT molecular complexity index is 1640. The molecule has 0 aliphatic carbocycles. The van der Waals surface area contributed by atoms with Gasteiger partial charge in [-0.3, -0.25) is 9.59 Å². The molecular weight excluding hydrogens is 536 g/mol. The van der Waals surface area contributed by atoms with E-state index in [1.807, 2.05) is 83.8 Å². The van der Waals surface area contributed by atoms with E-state index >= 15 is 0 Å². The first-order chi connectivity index (χ1) is 21.1. The van der Waals surface area contributed by atoms with Crippen LogP contribution in [0.2, 0.25) is 0 Å². The summed E-state index contributed by atoms with van der Waals surface area (Å²) in [7, 11) is 1.67. The summed E-state index contributed by atoms with van der Waals surface area (Å²) in [6, 6.07) is 27.9. The number of fused-ring (bicyclic) bond motifs is 2. The van der Waals surface area contributed by atoms with Gasteiger partial charge in [-0.2, -0.15) is 0 Å². The fourth-order valence-corrected chi connectivity index (χ4v) is 7.06. The van der Waals surface area contributed by atoms with Gasteiger partial charge in [0, 0.05) is 41.6 Å². The van der Waals surface area contributed by atoms with Crippen molar-refractivity contribution in [2.45, 2.75) is 44.8 Å². The van der Waals surface area contributed by atoms with Crippen molar-refractivity contribution in [3.63, 3.8) is 0 Å². The zero-order valence-electron chi connectivity index (χ0n) is 24.7. The summed E-state index contributed by atoms with van der Waals surface area (Å²) in [6.07, 6.45) is 4.64. The van der Waals surface area contributed by atoms with Crippen LogP contribution < -0.4 is 9.64 Å². The van der Waals surface area contributed by atoms with Crippen LogP contribution in [0.5, 0.6) is 5.75 Å². The van der Waals surface area contributed by atoms with E-state index in [9.17, 15) is 9.59 Å². The molecule has 2 fully saturated rings. The van der Waals surface area contributed by atoms with Gasteiger partial charge in [0.15, 0.2) is 0 Å². The monoisotopic (exact) mass is 574 g/mol. The predicted molar refractivity (Wildman–Crippen MR) is 169 cm³/mol. The number of carbonyl (C=O) groups excluding carboxylic acids is 2. The van der Waals surface area contributed by atoms with Crippen molar-refractivity contribution >= 4 is 17.5 Å². The summed E-state index contributed by atoms with van der Waals surface area (Å²) < 4.78 is 7.67. The van der Waals surface area contributed by atoms with Crippen molar-refractivity contribution in [3.8, 4) is 16.9 Å². The van der Waals surface area contributed by atoms with Gasteiger partial charge in [-0.25, -0.2) is 0 Å². The molecule has 1 aromatic heterocycles. The molecule has 3 aromatic carbocycles. The molecule has 0 N–H and O–H groups in total. The van der Waals surface area contributed by atoms with Gasteiger partial charge >= 0.3 is 0 Å². The van der Waals surface area contributed by atoms with E-state index in [2.05, 4.69) is 20.4 Å². The number of amides is 2. The van der Waals surface area contributed by atoms with Crippen LogP contribution in [0.15, 0.2) is 84.9 Å². The Hall–Kier alpha value is -4.36. The summed E-state index contributed by atoms with van der Waals surface area (Å²) in [5.74, 6) is 0.842. The Morgan fingerprint density at radius 3 is 2.37 bits per heavy atom. The Balaban J connectivity index is 1.16. The lowest BCUT2D eigenvalue weighted by atomic mass is 10.0. The Labute approximate surface area is 253 Å². The van der Waals surface area contributed by atoms with E-state index in [4.69, 9.17) is 4.74 Å². The van der Waals surface area contributed by atoms with Gasteiger partial charge in [-0.05, 0) is 86.3 Å². The number of carbonyl (C=O) groups is 2. The molecular formula is C36H38N4O3. The van der Waals surface area contributed by atoms with Crippen LogP contribution in [0.25, 0.3) is 11.1 Å². The van der Waals surface area contributed by atoms with Crippen LogP contribution in [-0.2, 0) is 13.1 Å². The standard InChI is InChI=1S/C36H38N4O3/c1-43-34-13-5-3-11-31(34)26-14-16-27(17-15-26)35(41)40-25-30-18-19-33(39(30)23-28-9-2-4-12-32(28)40)36(42)38-22-8-10-29(38)24-37-20-6-7-21-37/h2-5,9,11-19,29H,6-8,10,20-25H2,1H3/t29-/m0/s1. The van der Waals surface area contributed by atoms with E-state index in [1.165, 1.54) is 12.8 Å². The lowest BCUT2D eigenvalue weighted by Gasteiger charge is -2.29. The topological polar surface area (TPSA) is 58.0 Å². The van der Waals surface area contributed by atoms with E-state index < -0.39 is 0 Å². The van der Waals surface area contributed by atoms with Gasteiger partial charge < -0.3 is 24.0 Å². The number of nitrogens with zero attached hydrogens (tertiary/aromatic N) is 4. The molecule has 0 unspecified atom stereocenters. The average Bonchev–Trinajstić information content (AvgIpc) is 3.81. The van der Waals surface area contributed by atoms with Crippen molar-refractivity contribution in [2.24, 2.45) is 0 Å². The second-order valence-electron chi connectivity index (χ2n) is 11.9. The molecule has 0 radical (unpaired) electrons. The summed E-state index contributed by atoms with van der Waals surface area (Å²) in [4.78, 5) is 34.5. The van der Waals surface area contributed by atoms with Gasteiger partial charge in [0.2, 0.25) is 0 Å². The number of rotatable bonds is 6. The molecule has 1 atom stereocenters. The lowest BCUT2D eigenvalue weighted by molar-refractivity contribution is 0.0698. The molecule has 7 nitrogen and oxygen atoms in total. The van der Waals surface area contributed by atoms with Crippen LogP contribution in [0.1, 0.15) is 57.8 Å². The fourth-order valence-electron chi connectivity index (χ4n) is 7.06.